The summed E-state index contributed by atoms with van der Waals surface area (Å²) in [5.74, 6) is -0.643. The smallest absolute Gasteiger partial charge is 0.358 e. The lowest BCUT2D eigenvalue weighted by Gasteiger charge is -1.99. The van der Waals surface area contributed by atoms with Crippen LogP contribution >= 0.6 is 15.9 Å². The van der Waals surface area contributed by atoms with Crippen LogP contribution in [-0.4, -0.2) is 26.0 Å². The molecule has 0 fully saturated rings. The van der Waals surface area contributed by atoms with Gasteiger partial charge in [0.25, 0.3) is 0 Å². The van der Waals surface area contributed by atoms with Crippen LogP contribution in [0.1, 0.15) is 27.6 Å². The Kier molecular flexibility index (Phi) is 3.01. The molecule has 0 amide bonds. The van der Waals surface area contributed by atoms with Gasteiger partial charge in [0.05, 0.1) is 15.9 Å². The fourth-order valence-electron chi connectivity index (χ4n) is 1.46. The highest BCUT2D eigenvalue weighted by molar-refractivity contribution is 9.10. The fraction of sp³-hybridized carbons (Fsp3) is 0.300. The Balaban J connectivity index is 2.25. The van der Waals surface area contributed by atoms with Crippen molar-refractivity contribution in [2.24, 2.45) is 0 Å². The lowest BCUT2D eigenvalue weighted by molar-refractivity contribution is 0.0685. The Labute approximate surface area is 105 Å². The van der Waals surface area contributed by atoms with Crippen LogP contribution in [0.2, 0.25) is 0 Å². The summed E-state index contributed by atoms with van der Waals surface area (Å²) in [6.07, 6.45) is 0. The summed E-state index contributed by atoms with van der Waals surface area (Å²) in [7, 11) is 0. The van der Waals surface area contributed by atoms with Gasteiger partial charge in [0.1, 0.15) is 6.54 Å². The molecule has 2 heterocycles. The first-order valence-corrected chi connectivity index (χ1v) is 5.66. The van der Waals surface area contributed by atoms with Crippen molar-refractivity contribution >= 4 is 21.9 Å². The second kappa shape index (κ2) is 4.33. The molecule has 0 saturated carbocycles. The number of aromatic nitrogens is 3. The number of carbonyl (C=O) groups is 1. The van der Waals surface area contributed by atoms with Crippen molar-refractivity contribution in [1.82, 2.24) is 14.9 Å². The number of aromatic carboxylic acids is 1. The van der Waals surface area contributed by atoms with E-state index in [2.05, 4.69) is 26.2 Å². The minimum atomic E-state index is -1.10. The second-order valence-electron chi connectivity index (χ2n) is 3.63. The third-order valence-electron chi connectivity index (χ3n) is 2.38. The summed E-state index contributed by atoms with van der Waals surface area (Å²) in [5.41, 5.74) is 1.73. The highest BCUT2D eigenvalue weighted by Gasteiger charge is 2.14. The maximum absolute atomic E-state index is 10.6. The number of carboxylic acid groups (broad SMARTS) is 1. The molecule has 0 bridgehead atoms. The molecule has 90 valence electrons. The molecule has 0 spiro atoms. The lowest BCUT2D eigenvalue weighted by atomic mass is 10.3. The van der Waals surface area contributed by atoms with Crippen molar-refractivity contribution < 1.29 is 14.4 Å². The zero-order valence-electron chi connectivity index (χ0n) is 9.27. The maximum Gasteiger partial charge on any atom is 0.358 e. The quantitative estimate of drug-likeness (QED) is 0.937. The molecule has 0 aromatic carbocycles. The molecule has 7 heteroatoms. The first kappa shape index (κ1) is 11.8. The van der Waals surface area contributed by atoms with Crippen molar-refractivity contribution in [2.75, 3.05) is 0 Å². The number of hydrogen-bond acceptors (Lipinski definition) is 4. The number of hydrogen-bond donors (Lipinski definition) is 1. The van der Waals surface area contributed by atoms with E-state index in [-0.39, 0.29) is 5.69 Å². The third kappa shape index (κ3) is 2.23. The summed E-state index contributed by atoms with van der Waals surface area (Å²) in [5, 5.41) is 16.5. The summed E-state index contributed by atoms with van der Waals surface area (Å²) < 4.78 is 7.60. The van der Waals surface area contributed by atoms with E-state index in [1.807, 2.05) is 13.8 Å². The summed E-state index contributed by atoms with van der Waals surface area (Å²) in [4.78, 5) is 10.6. The molecule has 0 saturated heterocycles. The van der Waals surface area contributed by atoms with Crippen LogP contribution in [0, 0.1) is 13.8 Å². The number of halogens is 1. The van der Waals surface area contributed by atoms with E-state index in [0.717, 1.165) is 15.9 Å². The van der Waals surface area contributed by atoms with Crippen LogP contribution in [0.15, 0.2) is 15.1 Å². The van der Waals surface area contributed by atoms with E-state index < -0.39 is 5.97 Å². The van der Waals surface area contributed by atoms with E-state index >= 15 is 0 Å². The summed E-state index contributed by atoms with van der Waals surface area (Å²) in [6.45, 7) is 4.16. The normalized spacial score (nSPS) is 10.8. The Morgan fingerprint density at radius 3 is 2.76 bits per heavy atom. The van der Waals surface area contributed by atoms with Crippen molar-refractivity contribution in [3.8, 4) is 0 Å². The Hall–Kier alpha value is -1.63. The molecule has 0 aliphatic rings. The predicted octanol–water partition coefficient (Wildman–Crippen LogP) is 2.00. The predicted molar refractivity (Wildman–Crippen MR) is 62.0 cm³/mol. The van der Waals surface area contributed by atoms with Gasteiger partial charge in [-0.2, -0.15) is 5.10 Å². The molecule has 17 heavy (non-hydrogen) atoms. The molecular weight excluding hydrogens is 290 g/mol. The molecule has 0 aliphatic carbocycles. The van der Waals surface area contributed by atoms with Gasteiger partial charge in [0, 0.05) is 6.07 Å². The van der Waals surface area contributed by atoms with Gasteiger partial charge >= 0.3 is 5.97 Å². The van der Waals surface area contributed by atoms with Crippen molar-refractivity contribution in [1.29, 1.82) is 0 Å². The van der Waals surface area contributed by atoms with Crippen LogP contribution in [0.3, 0.4) is 0 Å². The minimum Gasteiger partial charge on any atom is -0.476 e. The number of carboxylic acids is 1. The average Bonchev–Trinajstić information content (AvgIpc) is 2.82. The zero-order valence-corrected chi connectivity index (χ0v) is 10.9. The van der Waals surface area contributed by atoms with Crippen LogP contribution in [-0.2, 0) is 6.54 Å². The zero-order chi connectivity index (χ0) is 12.6. The third-order valence-corrected chi connectivity index (χ3v) is 3.52. The van der Waals surface area contributed by atoms with E-state index in [1.165, 1.54) is 6.07 Å². The standard InChI is InChI=1S/C10H10BrN3O3/c1-5-9(11)6(2)14(12-5)4-7-3-8(10(15)16)13-17-7/h3H,4H2,1-2H3,(H,15,16). The van der Waals surface area contributed by atoms with Gasteiger partial charge in [0.15, 0.2) is 11.5 Å². The first-order valence-electron chi connectivity index (χ1n) is 4.87. The van der Waals surface area contributed by atoms with Crippen LogP contribution in [0.5, 0.6) is 0 Å². The number of aryl methyl sites for hydroxylation is 1. The lowest BCUT2D eigenvalue weighted by Crippen LogP contribution is -2.03. The molecule has 1 N–H and O–H groups in total. The molecule has 0 radical (unpaired) electrons. The topological polar surface area (TPSA) is 81.2 Å². The van der Waals surface area contributed by atoms with Crippen LogP contribution in [0.4, 0.5) is 0 Å². The van der Waals surface area contributed by atoms with Gasteiger partial charge in [0.2, 0.25) is 0 Å². The number of rotatable bonds is 3. The minimum absolute atomic E-state index is 0.0967. The molecule has 2 aromatic heterocycles. The van der Waals surface area contributed by atoms with Gasteiger partial charge in [-0.1, -0.05) is 5.16 Å². The largest absolute Gasteiger partial charge is 0.476 e. The summed E-state index contributed by atoms with van der Waals surface area (Å²) >= 11 is 3.42. The van der Waals surface area contributed by atoms with Crippen molar-refractivity contribution in [3.63, 3.8) is 0 Å². The Bertz CT molecular complexity index is 573. The molecule has 6 nitrogen and oxygen atoms in total. The summed E-state index contributed by atoms with van der Waals surface area (Å²) in [6, 6.07) is 1.40. The molecular formula is C10H10BrN3O3. The SMILES string of the molecule is Cc1nn(Cc2cc(C(=O)O)no2)c(C)c1Br. The van der Waals surface area contributed by atoms with Crippen molar-refractivity contribution in [3.05, 3.63) is 33.4 Å². The van der Waals surface area contributed by atoms with Crippen LogP contribution < -0.4 is 0 Å². The maximum atomic E-state index is 10.6. The van der Waals surface area contributed by atoms with E-state index in [1.54, 1.807) is 4.68 Å². The molecule has 0 atom stereocenters. The van der Waals surface area contributed by atoms with Crippen LogP contribution in [0.25, 0.3) is 0 Å². The van der Waals surface area contributed by atoms with E-state index in [0.29, 0.717) is 12.3 Å². The molecule has 2 aromatic rings. The average molecular weight is 300 g/mol. The van der Waals surface area contributed by atoms with Gasteiger partial charge in [-0.15, -0.1) is 0 Å². The Morgan fingerprint density at radius 1 is 1.59 bits per heavy atom. The van der Waals surface area contributed by atoms with Gasteiger partial charge in [-0.05, 0) is 29.8 Å². The monoisotopic (exact) mass is 299 g/mol. The molecule has 0 unspecified atom stereocenters. The second-order valence-corrected chi connectivity index (χ2v) is 4.42. The molecule has 2 rings (SSSR count). The van der Waals surface area contributed by atoms with Crippen molar-refractivity contribution in [2.45, 2.75) is 20.4 Å². The fourth-order valence-corrected chi connectivity index (χ4v) is 1.75. The van der Waals surface area contributed by atoms with Gasteiger partial charge in [-0.25, -0.2) is 4.79 Å². The Morgan fingerprint density at radius 2 is 2.29 bits per heavy atom. The number of nitrogens with zero attached hydrogens (tertiary/aromatic N) is 3. The first-order chi connectivity index (χ1) is 7.99. The molecule has 0 aliphatic heterocycles. The van der Waals surface area contributed by atoms with E-state index in [4.69, 9.17) is 9.63 Å². The van der Waals surface area contributed by atoms with Gasteiger partial charge in [-0.3, -0.25) is 4.68 Å². The highest BCUT2D eigenvalue weighted by Crippen LogP contribution is 2.20. The van der Waals surface area contributed by atoms with Gasteiger partial charge < -0.3 is 9.63 Å². The highest BCUT2D eigenvalue weighted by atomic mass is 79.9. The van der Waals surface area contributed by atoms with E-state index in [9.17, 15) is 4.79 Å².